The Morgan fingerprint density at radius 2 is 1.95 bits per heavy atom. The molecule has 0 spiro atoms. The maximum Gasteiger partial charge on any atom is 0.257 e. The van der Waals surface area contributed by atoms with Crippen molar-refractivity contribution in [3.63, 3.8) is 0 Å². The second kappa shape index (κ2) is 5.09. The second-order valence-corrected chi connectivity index (χ2v) is 5.77. The maximum absolute atomic E-state index is 13.7. The smallest absolute Gasteiger partial charge is 0.257 e. The first-order chi connectivity index (χ1) is 9.23. The van der Waals surface area contributed by atoms with Crippen molar-refractivity contribution in [3.05, 3.63) is 35.1 Å². The van der Waals surface area contributed by atoms with Gasteiger partial charge in [0.05, 0.1) is 5.56 Å². The zero-order valence-electron chi connectivity index (χ0n) is 11.6. The third-order valence-electron chi connectivity index (χ3n) is 3.50. The van der Waals surface area contributed by atoms with Gasteiger partial charge in [0.2, 0.25) is 0 Å². The van der Waals surface area contributed by atoms with Gasteiger partial charge in [-0.2, -0.15) is 0 Å². The summed E-state index contributed by atoms with van der Waals surface area (Å²) in [5.74, 6) is -4.97. The first-order valence-electron chi connectivity index (χ1n) is 6.42. The summed E-state index contributed by atoms with van der Waals surface area (Å²) >= 11 is 0. The molecule has 0 bridgehead atoms. The highest BCUT2D eigenvalue weighted by atomic mass is 19.2. The van der Waals surface area contributed by atoms with Gasteiger partial charge in [-0.3, -0.25) is 4.79 Å². The molecule has 1 aromatic rings. The molecular formula is C14H17F3N2O. The first-order valence-corrected chi connectivity index (χ1v) is 6.42. The van der Waals surface area contributed by atoms with E-state index in [2.05, 4.69) is 5.32 Å². The summed E-state index contributed by atoms with van der Waals surface area (Å²) in [7, 11) is 0. The molecule has 1 fully saturated rings. The van der Waals surface area contributed by atoms with Gasteiger partial charge in [-0.1, -0.05) is 0 Å². The number of halogens is 3. The minimum absolute atomic E-state index is 0.150. The molecule has 2 rings (SSSR count). The van der Waals surface area contributed by atoms with E-state index in [4.69, 9.17) is 0 Å². The minimum atomic E-state index is -1.61. The lowest BCUT2D eigenvalue weighted by Gasteiger charge is -2.43. The van der Waals surface area contributed by atoms with Gasteiger partial charge in [0.25, 0.3) is 5.91 Å². The summed E-state index contributed by atoms with van der Waals surface area (Å²) in [5.41, 5.74) is -0.745. The Hall–Kier alpha value is -1.56. The molecule has 1 saturated heterocycles. The highest BCUT2D eigenvalue weighted by Gasteiger charge is 2.35. The predicted molar refractivity (Wildman–Crippen MR) is 68.9 cm³/mol. The average Bonchev–Trinajstić information content (AvgIpc) is 2.38. The molecular weight excluding hydrogens is 269 g/mol. The maximum atomic E-state index is 13.7. The van der Waals surface area contributed by atoms with Gasteiger partial charge in [-0.25, -0.2) is 13.2 Å². The number of carbonyl (C=O) groups excluding carboxylic acids is 1. The van der Waals surface area contributed by atoms with Crippen LogP contribution < -0.4 is 5.32 Å². The van der Waals surface area contributed by atoms with Crippen molar-refractivity contribution in [1.82, 2.24) is 10.2 Å². The van der Waals surface area contributed by atoms with Crippen LogP contribution in [0.5, 0.6) is 0 Å². The van der Waals surface area contributed by atoms with E-state index in [1.54, 1.807) is 0 Å². The number of benzene rings is 1. The van der Waals surface area contributed by atoms with Crippen molar-refractivity contribution < 1.29 is 18.0 Å². The van der Waals surface area contributed by atoms with E-state index < -0.39 is 28.9 Å². The van der Waals surface area contributed by atoms with Crippen LogP contribution in [0, 0.1) is 17.5 Å². The molecule has 3 nitrogen and oxygen atoms in total. The van der Waals surface area contributed by atoms with E-state index in [-0.39, 0.29) is 11.6 Å². The zero-order valence-corrected chi connectivity index (χ0v) is 11.6. The van der Waals surface area contributed by atoms with Crippen LogP contribution in [0.4, 0.5) is 13.2 Å². The van der Waals surface area contributed by atoms with Crippen molar-refractivity contribution in [2.45, 2.75) is 32.4 Å². The molecule has 0 aromatic heterocycles. The summed E-state index contributed by atoms with van der Waals surface area (Å²) < 4.78 is 39.9. The van der Waals surface area contributed by atoms with E-state index in [1.165, 1.54) is 4.90 Å². The molecule has 6 heteroatoms. The number of piperazine rings is 1. The molecule has 1 aliphatic rings. The fraction of sp³-hybridized carbons (Fsp3) is 0.500. The van der Waals surface area contributed by atoms with Crippen LogP contribution in [0.25, 0.3) is 0 Å². The van der Waals surface area contributed by atoms with E-state index in [0.29, 0.717) is 13.1 Å². The number of nitrogens with one attached hydrogen (secondary N) is 1. The second-order valence-electron chi connectivity index (χ2n) is 5.77. The van der Waals surface area contributed by atoms with Crippen LogP contribution in [-0.2, 0) is 0 Å². The molecule has 1 atom stereocenters. The summed E-state index contributed by atoms with van der Waals surface area (Å²) in [4.78, 5) is 13.8. The van der Waals surface area contributed by atoms with Crippen LogP contribution in [-0.4, -0.2) is 35.5 Å². The Bertz CT molecular complexity index is 545. The lowest BCUT2D eigenvalue weighted by atomic mass is 9.98. The monoisotopic (exact) mass is 286 g/mol. The van der Waals surface area contributed by atoms with Crippen molar-refractivity contribution in [2.24, 2.45) is 0 Å². The molecule has 110 valence electrons. The highest BCUT2D eigenvalue weighted by Crippen LogP contribution is 2.21. The Labute approximate surface area is 115 Å². The van der Waals surface area contributed by atoms with Crippen LogP contribution in [0.2, 0.25) is 0 Å². The molecule has 1 aliphatic heterocycles. The normalized spacial score (nSPS) is 21.9. The number of rotatable bonds is 1. The fourth-order valence-electron chi connectivity index (χ4n) is 2.29. The number of carbonyl (C=O) groups is 1. The quantitative estimate of drug-likeness (QED) is 0.804. The molecule has 1 N–H and O–H groups in total. The van der Waals surface area contributed by atoms with Crippen molar-refractivity contribution in [1.29, 1.82) is 0 Å². The SMILES string of the molecule is CC1CNC(C)(C)CN1C(=O)c1ccc(F)c(F)c1F. The number of hydrogen-bond acceptors (Lipinski definition) is 2. The third-order valence-corrected chi connectivity index (χ3v) is 3.50. The lowest BCUT2D eigenvalue weighted by molar-refractivity contribution is 0.0527. The summed E-state index contributed by atoms with van der Waals surface area (Å²) in [6, 6.07) is 1.60. The Balaban J connectivity index is 2.33. The largest absolute Gasteiger partial charge is 0.333 e. The van der Waals surface area contributed by atoms with Crippen LogP contribution in [0.1, 0.15) is 31.1 Å². The van der Waals surface area contributed by atoms with Gasteiger partial charge in [0.15, 0.2) is 17.5 Å². The summed E-state index contributed by atoms with van der Waals surface area (Å²) in [5, 5.41) is 3.26. The van der Waals surface area contributed by atoms with Crippen LogP contribution in [0.15, 0.2) is 12.1 Å². The standard InChI is InChI=1S/C14H17F3N2O/c1-8-6-18-14(2,3)7-19(8)13(20)9-4-5-10(15)12(17)11(9)16/h4-5,8,18H,6-7H2,1-3H3. The molecule has 1 unspecified atom stereocenters. The van der Waals surface area contributed by atoms with Gasteiger partial charge in [0, 0.05) is 24.7 Å². The van der Waals surface area contributed by atoms with Gasteiger partial charge in [0.1, 0.15) is 0 Å². The zero-order chi connectivity index (χ0) is 15.1. The average molecular weight is 286 g/mol. The number of nitrogens with zero attached hydrogens (tertiary/aromatic N) is 1. The van der Waals surface area contributed by atoms with E-state index in [0.717, 1.165) is 12.1 Å². The first kappa shape index (κ1) is 14.8. The van der Waals surface area contributed by atoms with Gasteiger partial charge >= 0.3 is 0 Å². The summed E-state index contributed by atoms with van der Waals surface area (Å²) in [6.07, 6.45) is 0. The Morgan fingerprint density at radius 3 is 2.60 bits per heavy atom. The molecule has 0 saturated carbocycles. The van der Waals surface area contributed by atoms with Crippen molar-refractivity contribution in [2.75, 3.05) is 13.1 Å². The molecule has 1 amide bonds. The van der Waals surface area contributed by atoms with Crippen molar-refractivity contribution >= 4 is 5.91 Å². The van der Waals surface area contributed by atoms with Crippen LogP contribution in [0.3, 0.4) is 0 Å². The van der Waals surface area contributed by atoms with Crippen molar-refractivity contribution in [3.8, 4) is 0 Å². The topological polar surface area (TPSA) is 32.3 Å². The molecule has 1 aromatic carbocycles. The predicted octanol–water partition coefficient (Wildman–Crippen LogP) is 2.32. The summed E-state index contributed by atoms with van der Waals surface area (Å²) in [6.45, 7) is 6.58. The third kappa shape index (κ3) is 2.65. The Kier molecular flexibility index (Phi) is 3.77. The van der Waals surface area contributed by atoms with Gasteiger partial charge in [-0.15, -0.1) is 0 Å². The molecule has 0 aliphatic carbocycles. The van der Waals surface area contributed by atoms with E-state index >= 15 is 0 Å². The molecule has 20 heavy (non-hydrogen) atoms. The van der Waals surface area contributed by atoms with E-state index in [1.807, 2.05) is 20.8 Å². The van der Waals surface area contributed by atoms with Crippen LogP contribution >= 0.6 is 0 Å². The fourth-order valence-corrected chi connectivity index (χ4v) is 2.29. The van der Waals surface area contributed by atoms with Gasteiger partial charge < -0.3 is 10.2 Å². The van der Waals surface area contributed by atoms with E-state index in [9.17, 15) is 18.0 Å². The highest BCUT2D eigenvalue weighted by molar-refractivity contribution is 5.94. The number of hydrogen-bond donors (Lipinski definition) is 1. The molecule has 0 radical (unpaired) electrons. The lowest BCUT2D eigenvalue weighted by Crippen LogP contribution is -2.62. The molecule has 1 heterocycles. The van der Waals surface area contributed by atoms with Gasteiger partial charge in [-0.05, 0) is 32.9 Å². The number of amides is 1. The minimum Gasteiger partial charge on any atom is -0.333 e. The Morgan fingerprint density at radius 1 is 1.30 bits per heavy atom.